The van der Waals surface area contributed by atoms with E-state index in [2.05, 4.69) is 15.5 Å². The third kappa shape index (κ3) is 5.31. The van der Waals surface area contributed by atoms with Gasteiger partial charge >= 0.3 is 0 Å². The number of para-hydroxylation sites is 1. The van der Waals surface area contributed by atoms with Crippen LogP contribution in [0, 0.1) is 5.82 Å². The molecule has 0 atom stereocenters. The van der Waals surface area contributed by atoms with E-state index in [0.717, 1.165) is 11.3 Å². The zero-order valence-electron chi connectivity index (χ0n) is 18.7. The minimum atomic E-state index is -0.545. The van der Waals surface area contributed by atoms with Crippen molar-refractivity contribution in [1.29, 1.82) is 0 Å². The average molecular weight is 499 g/mol. The van der Waals surface area contributed by atoms with Crippen LogP contribution >= 0.6 is 11.3 Å². The van der Waals surface area contributed by atoms with Gasteiger partial charge in [0, 0.05) is 31.5 Å². The van der Waals surface area contributed by atoms with E-state index in [1.165, 1.54) is 18.2 Å². The molecular formula is C24H23FN4O5S. The van der Waals surface area contributed by atoms with Gasteiger partial charge in [-0.1, -0.05) is 23.5 Å². The Morgan fingerprint density at radius 1 is 1.06 bits per heavy atom. The lowest BCUT2D eigenvalue weighted by Gasteiger charge is -2.37. The molecule has 1 N–H and O–H groups in total. The monoisotopic (exact) mass is 498 g/mol. The van der Waals surface area contributed by atoms with E-state index in [1.807, 2.05) is 0 Å². The first-order valence-corrected chi connectivity index (χ1v) is 12.0. The molecule has 2 aliphatic heterocycles. The molecule has 2 amide bonds. The molecule has 3 heterocycles. The number of aromatic nitrogens is 2. The molecule has 5 rings (SSSR count). The number of amides is 2. The lowest BCUT2D eigenvalue weighted by atomic mass is 10.0. The van der Waals surface area contributed by atoms with Crippen LogP contribution in [-0.2, 0) is 16.1 Å². The zero-order valence-corrected chi connectivity index (χ0v) is 19.6. The third-order valence-electron chi connectivity index (χ3n) is 5.87. The van der Waals surface area contributed by atoms with Crippen molar-refractivity contribution in [2.24, 2.45) is 0 Å². The van der Waals surface area contributed by atoms with Gasteiger partial charge < -0.3 is 24.4 Å². The van der Waals surface area contributed by atoms with Gasteiger partial charge in [-0.3, -0.25) is 9.59 Å². The van der Waals surface area contributed by atoms with Crippen molar-refractivity contribution in [2.45, 2.75) is 25.2 Å². The van der Waals surface area contributed by atoms with Crippen LogP contribution in [0.5, 0.6) is 5.75 Å². The smallest absolute Gasteiger partial charge is 0.286 e. The van der Waals surface area contributed by atoms with Gasteiger partial charge in [0.15, 0.2) is 10.8 Å². The normalized spacial score (nSPS) is 16.9. The third-order valence-corrected chi connectivity index (χ3v) is 6.77. The molecule has 0 unspecified atom stereocenters. The van der Waals surface area contributed by atoms with Gasteiger partial charge in [-0.2, -0.15) is 0 Å². The topological polar surface area (TPSA) is 103 Å². The summed E-state index contributed by atoms with van der Waals surface area (Å²) >= 11 is 1.06. The van der Waals surface area contributed by atoms with Crippen LogP contribution in [0.4, 0.5) is 10.1 Å². The molecule has 9 nitrogen and oxygen atoms in total. The first-order valence-electron chi connectivity index (χ1n) is 11.2. The molecule has 3 aromatic rings. The van der Waals surface area contributed by atoms with Gasteiger partial charge in [0.1, 0.15) is 18.2 Å². The lowest BCUT2D eigenvalue weighted by molar-refractivity contribution is -0.181. The number of nitrogens with one attached hydrogen (secondary N) is 1. The van der Waals surface area contributed by atoms with Crippen molar-refractivity contribution in [2.75, 3.05) is 31.6 Å². The van der Waals surface area contributed by atoms with E-state index >= 15 is 0 Å². The van der Waals surface area contributed by atoms with Crippen molar-refractivity contribution in [3.8, 4) is 5.75 Å². The highest BCUT2D eigenvalue weighted by atomic mass is 32.1. The van der Waals surface area contributed by atoms with Gasteiger partial charge in [-0.25, -0.2) is 4.39 Å². The van der Waals surface area contributed by atoms with Gasteiger partial charge in [-0.15, -0.1) is 10.2 Å². The predicted molar refractivity (Wildman–Crippen MR) is 125 cm³/mol. The summed E-state index contributed by atoms with van der Waals surface area (Å²) in [6.45, 7) is 2.48. The maximum absolute atomic E-state index is 13.7. The first kappa shape index (κ1) is 23.3. The summed E-state index contributed by atoms with van der Waals surface area (Å²) < 4.78 is 30.9. The highest BCUT2D eigenvalue weighted by Crippen LogP contribution is 2.32. The Kier molecular flexibility index (Phi) is 6.71. The number of ether oxygens (including phenoxy) is 3. The number of carbonyl (C=O) groups excluding carboxylic acids is 2. The molecule has 0 saturated carbocycles. The largest absolute Gasteiger partial charge is 0.486 e. The van der Waals surface area contributed by atoms with Crippen molar-refractivity contribution in [3.05, 3.63) is 69.9 Å². The minimum Gasteiger partial charge on any atom is -0.486 e. The summed E-state index contributed by atoms with van der Waals surface area (Å²) in [5, 5.41) is 10.9. The number of hydrogen-bond acceptors (Lipinski definition) is 8. The minimum absolute atomic E-state index is 0.0426. The number of likely N-dealkylation sites (tertiary alicyclic amines) is 1. The molecule has 0 bridgehead atoms. The lowest BCUT2D eigenvalue weighted by Crippen LogP contribution is -2.47. The summed E-state index contributed by atoms with van der Waals surface area (Å²) in [6.07, 6.45) is 1.34. The predicted octanol–water partition coefficient (Wildman–Crippen LogP) is 3.49. The summed E-state index contributed by atoms with van der Waals surface area (Å²) in [5.41, 5.74) is 0.647. The van der Waals surface area contributed by atoms with Crippen LogP contribution in [-0.4, -0.2) is 59.0 Å². The molecule has 0 aliphatic carbocycles. The van der Waals surface area contributed by atoms with E-state index in [1.54, 1.807) is 35.2 Å². The van der Waals surface area contributed by atoms with Crippen LogP contribution in [0.1, 0.15) is 38.0 Å². The summed E-state index contributed by atoms with van der Waals surface area (Å²) in [7, 11) is 0. The maximum atomic E-state index is 13.7. The fourth-order valence-electron chi connectivity index (χ4n) is 4.00. The Morgan fingerprint density at radius 3 is 2.49 bits per heavy atom. The highest BCUT2D eigenvalue weighted by molar-refractivity contribution is 7.13. The zero-order chi connectivity index (χ0) is 24.3. The second kappa shape index (κ2) is 10.1. The van der Waals surface area contributed by atoms with Gasteiger partial charge in [0.25, 0.3) is 11.8 Å². The second-order valence-corrected chi connectivity index (χ2v) is 9.21. The van der Waals surface area contributed by atoms with Crippen LogP contribution in [0.2, 0.25) is 0 Å². The Hall–Kier alpha value is -3.41. The van der Waals surface area contributed by atoms with Crippen LogP contribution in [0.3, 0.4) is 0 Å². The number of nitrogens with zero attached hydrogens (tertiary/aromatic N) is 3. The van der Waals surface area contributed by atoms with E-state index in [-0.39, 0.29) is 23.2 Å². The van der Waals surface area contributed by atoms with E-state index < -0.39 is 17.5 Å². The van der Waals surface area contributed by atoms with Gasteiger partial charge in [0.2, 0.25) is 5.01 Å². The fourth-order valence-corrected chi connectivity index (χ4v) is 4.65. The number of rotatable bonds is 6. The van der Waals surface area contributed by atoms with Crippen molar-refractivity contribution in [1.82, 2.24) is 15.1 Å². The SMILES string of the molecule is O=C(Nc1ccccc1F)c1nnc(COc2ccc(C(=O)N3CCC4(CC3)OCCO4)cc2)s1. The molecule has 35 heavy (non-hydrogen) atoms. The number of halogens is 1. The molecule has 1 spiro atoms. The number of anilines is 1. The molecule has 182 valence electrons. The van der Waals surface area contributed by atoms with Crippen LogP contribution in [0.25, 0.3) is 0 Å². The number of piperidine rings is 1. The molecular weight excluding hydrogens is 475 g/mol. The van der Waals surface area contributed by atoms with E-state index in [0.29, 0.717) is 55.5 Å². The van der Waals surface area contributed by atoms with Crippen molar-refractivity contribution in [3.63, 3.8) is 0 Å². The van der Waals surface area contributed by atoms with E-state index in [4.69, 9.17) is 14.2 Å². The van der Waals surface area contributed by atoms with Crippen molar-refractivity contribution >= 4 is 28.8 Å². The summed E-state index contributed by atoms with van der Waals surface area (Å²) in [4.78, 5) is 26.9. The standard InChI is InChI=1S/C24H23FN4O5S/c25-18-3-1-2-4-19(18)26-21(30)22-28-27-20(35-22)15-32-17-7-5-16(6-8-17)23(31)29-11-9-24(10-12-29)33-13-14-34-24/h1-8H,9-15H2,(H,26,30). The first-order chi connectivity index (χ1) is 17.0. The number of benzene rings is 2. The van der Waals surface area contributed by atoms with Crippen LogP contribution in [0.15, 0.2) is 48.5 Å². The summed E-state index contributed by atoms with van der Waals surface area (Å²) in [5.74, 6) is -1.08. The summed E-state index contributed by atoms with van der Waals surface area (Å²) in [6, 6.07) is 12.8. The molecule has 11 heteroatoms. The van der Waals surface area contributed by atoms with Crippen LogP contribution < -0.4 is 10.1 Å². The molecule has 2 aliphatic rings. The Balaban J connectivity index is 1.12. The Labute approximate surface area is 204 Å². The van der Waals surface area contributed by atoms with Crippen molar-refractivity contribution < 1.29 is 28.2 Å². The molecule has 0 radical (unpaired) electrons. The number of hydrogen-bond donors (Lipinski definition) is 1. The maximum Gasteiger partial charge on any atom is 0.286 e. The quantitative estimate of drug-likeness (QED) is 0.555. The second-order valence-electron chi connectivity index (χ2n) is 8.15. The Bertz CT molecular complexity index is 1200. The van der Waals surface area contributed by atoms with Gasteiger partial charge in [-0.05, 0) is 36.4 Å². The average Bonchev–Trinajstić information content (AvgIpc) is 3.55. The van der Waals surface area contributed by atoms with Gasteiger partial charge in [0.05, 0.1) is 18.9 Å². The fraction of sp³-hybridized carbons (Fsp3) is 0.333. The molecule has 2 saturated heterocycles. The number of carbonyl (C=O) groups is 2. The molecule has 1 aromatic heterocycles. The Morgan fingerprint density at radius 2 is 1.77 bits per heavy atom. The van der Waals surface area contributed by atoms with E-state index in [9.17, 15) is 14.0 Å². The molecule has 2 fully saturated rings. The molecule has 2 aromatic carbocycles. The highest BCUT2D eigenvalue weighted by Gasteiger charge is 2.40.